The Morgan fingerprint density at radius 2 is 1.45 bits per heavy atom. The molecule has 12 heteroatoms. The predicted molar refractivity (Wildman–Crippen MR) is 165 cm³/mol. The first-order valence-electron chi connectivity index (χ1n) is 14.6. The van der Waals surface area contributed by atoms with Gasteiger partial charge in [0, 0.05) is 12.1 Å². The van der Waals surface area contributed by atoms with Gasteiger partial charge in [-0.1, -0.05) is 49.4 Å². The molecule has 0 N–H and O–H groups in total. The van der Waals surface area contributed by atoms with E-state index in [0.29, 0.717) is 29.1 Å². The van der Waals surface area contributed by atoms with E-state index in [4.69, 9.17) is 9.72 Å². The van der Waals surface area contributed by atoms with Crippen LogP contribution in [-0.2, 0) is 18.8 Å². The summed E-state index contributed by atoms with van der Waals surface area (Å²) >= 11 is 0. The highest BCUT2D eigenvalue weighted by Crippen LogP contribution is 2.37. The number of carbonyl (C=O) groups is 1. The molecule has 0 aliphatic carbocycles. The van der Waals surface area contributed by atoms with Gasteiger partial charge in [0.15, 0.2) is 0 Å². The van der Waals surface area contributed by atoms with E-state index in [0.717, 1.165) is 5.56 Å². The maximum atomic E-state index is 14.2. The minimum atomic E-state index is -5.15. The van der Waals surface area contributed by atoms with Crippen molar-refractivity contribution < 1.29 is 35.9 Å². The fraction of sp³-hybridized carbons (Fsp3) is 0.229. The largest absolute Gasteiger partial charge is 0.497 e. The number of hydrogen-bond acceptors (Lipinski definition) is 4. The molecule has 6 nitrogen and oxygen atoms in total. The number of rotatable bonds is 9. The van der Waals surface area contributed by atoms with Crippen LogP contribution >= 0.6 is 0 Å². The van der Waals surface area contributed by atoms with Crippen molar-refractivity contribution in [1.82, 2.24) is 14.5 Å². The van der Waals surface area contributed by atoms with Gasteiger partial charge in [-0.3, -0.25) is 14.2 Å². The molecule has 5 rings (SSSR count). The fourth-order valence-corrected chi connectivity index (χ4v) is 5.43. The second-order valence-electron chi connectivity index (χ2n) is 10.8. The maximum Gasteiger partial charge on any atom is 0.416 e. The molecule has 47 heavy (non-hydrogen) atoms. The van der Waals surface area contributed by atoms with Crippen molar-refractivity contribution in [3.8, 4) is 11.4 Å². The first kappa shape index (κ1) is 33.2. The van der Waals surface area contributed by atoms with Gasteiger partial charge < -0.3 is 9.64 Å². The highest BCUT2D eigenvalue weighted by atomic mass is 19.4. The molecule has 1 atom stereocenters. The van der Waals surface area contributed by atoms with Crippen LogP contribution in [0, 0.1) is 0 Å². The normalized spacial score (nSPS) is 12.6. The SMILES string of the molecule is CCC(c1nc2ccccc2c(=O)n1-c1ccc(OC)cc1)N(CCc1ccccc1)C(=O)c1cc(C(F)(F)F)cc(C(F)(F)F)c1. The van der Waals surface area contributed by atoms with Gasteiger partial charge in [0.05, 0.1) is 40.9 Å². The molecular weight excluding hydrogens is 624 g/mol. The van der Waals surface area contributed by atoms with Gasteiger partial charge in [-0.2, -0.15) is 26.3 Å². The van der Waals surface area contributed by atoms with Crippen molar-refractivity contribution in [2.24, 2.45) is 0 Å². The number of para-hydroxylation sites is 1. The molecule has 0 spiro atoms. The van der Waals surface area contributed by atoms with E-state index in [1.165, 1.54) is 16.6 Å². The summed E-state index contributed by atoms with van der Waals surface area (Å²) in [5.41, 5.74) is -3.02. The lowest BCUT2D eigenvalue weighted by molar-refractivity contribution is -0.143. The van der Waals surface area contributed by atoms with Gasteiger partial charge in [0.1, 0.15) is 11.6 Å². The average molecular weight is 654 g/mol. The van der Waals surface area contributed by atoms with Gasteiger partial charge in [0.25, 0.3) is 11.5 Å². The van der Waals surface area contributed by atoms with E-state index in [1.807, 2.05) is 0 Å². The smallest absolute Gasteiger partial charge is 0.416 e. The summed E-state index contributed by atoms with van der Waals surface area (Å²) in [5.74, 6) is -0.479. The number of aromatic nitrogens is 2. The third-order valence-electron chi connectivity index (χ3n) is 7.77. The maximum absolute atomic E-state index is 14.2. The zero-order valence-electron chi connectivity index (χ0n) is 25.3. The van der Waals surface area contributed by atoms with E-state index in [9.17, 15) is 35.9 Å². The molecule has 0 radical (unpaired) electrons. The summed E-state index contributed by atoms with van der Waals surface area (Å²) in [4.78, 5) is 34.2. The van der Waals surface area contributed by atoms with Crippen molar-refractivity contribution in [3.63, 3.8) is 0 Å². The summed E-state index contributed by atoms with van der Waals surface area (Å²) in [6, 6.07) is 21.7. The van der Waals surface area contributed by atoms with Crippen LogP contribution in [-0.4, -0.2) is 34.0 Å². The summed E-state index contributed by atoms with van der Waals surface area (Å²) in [5, 5.41) is 0.275. The van der Waals surface area contributed by atoms with E-state index in [2.05, 4.69) is 0 Å². The molecule has 0 fully saturated rings. The van der Waals surface area contributed by atoms with Gasteiger partial charge in [-0.25, -0.2) is 4.98 Å². The predicted octanol–water partition coefficient (Wildman–Crippen LogP) is 8.27. The molecule has 0 bridgehead atoms. The topological polar surface area (TPSA) is 64.4 Å². The highest BCUT2D eigenvalue weighted by Gasteiger charge is 2.39. The highest BCUT2D eigenvalue weighted by molar-refractivity contribution is 5.95. The van der Waals surface area contributed by atoms with Crippen LogP contribution in [0.5, 0.6) is 5.75 Å². The lowest BCUT2D eigenvalue weighted by Gasteiger charge is -2.33. The Morgan fingerprint density at radius 3 is 2.02 bits per heavy atom. The molecule has 5 aromatic rings. The number of benzene rings is 4. The Labute approximate surface area is 265 Å². The van der Waals surface area contributed by atoms with Crippen molar-refractivity contribution >= 4 is 16.8 Å². The van der Waals surface area contributed by atoms with Crippen molar-refractivity contribution in [1.29, 1.82) is 0 Å². The van der Waals surface area contributed by atoms with Crippen molar-refractivity contribution in [2.75, 3.05) is 13.7 Å². The lowest BCUT2D eigenvalue weighted by Crippen LogP contribution is -2.40. The molecule has 4 aromatic carbocycles. The molecule has 1 aromatic heterocycles. The fourth-order valence-electron chi connectivity index (χ4n) is 5.43. The number of nitrogens with zero attached hydrogens (tertiary/aromatic N) is 3. The number of carbonyl (C=O) groups excluding carboxylic acids is 1. The third kappa shape index (κ3) is 7.16. The van der Waals surface area contributed by atoms with Gasteiger partial charge >= 0.3 is 12.4 Å². The van der Waals surface area contributed by atoms with E-state index in [1.54, 1.807) is 85.8 Å². The molecule has 1 heterocycles. The zero-order chi connectivity index (χ0) is 33.9. The summed E-state index contributed by atoms with van der Waals surface area (Å²) < 4.78 is 89.3. The van der Waals surface area contributed by atoms with Crippen molar-refractivity contribution in [3.05, 3.63) is 135 Å². The first-order chi connectivity index (χ1) is 22.3. The second-order valence-corrected chi connectivity index (χ2v) is 10.8. The van der Waals surface area contributed by atoms with Crippen LogP contribution in [0.1, 0.15) is 52.3 Å². The van der Waals surface area contributed by atoms with Crippen molar-refractivity contribution in [2.45, 2.75) is 38.2 Å². The average Bonchev–Trinajstić information content (AvgIpc) is 3.06. The zero-order valence-corrected chi connectivity index (χ0v) is 25.3. The molecule has 1 unspecified atom stereocenters. The Balaban J connectivity index is 1.73. The molecule has 1 amide bonds. The third-order valence-corrected chi connectivity index (χ3v) is 7.77. The summed E-state index contributed by atoms with van der Waals surface area (Å²) in [7, 11) is 1.48. The first-order valence-corrected chi connectivity index (χ1v) is 14.6. The van der Waals surface area contributed by atoms with Crippen LogP contribution < -0.4 is 10.3 Å². The monoisotopic (exact) mass is 653 g/mol. The van der Waals surface area contributed by atoms with Crippen LogP contribution in [0.2, 0.25) is 0 Å². The number of amides is 1. The second kappa shape index (κ2) is 13.3. The summed E-state index contributed by atoms with van der Waals surface area (Å²) in [6.45, 7) is 1.59. The Kier molecular flexibility index (Phi) is 9.41. The quantitative estimate of drug-likeness (QED) is 0.150. The number of ether oxygens (including phenoxy) is 1. The summed E-state index contributed by atoms with van der Waals surface area (Å²) in [6.07, 6.45) is -9.96. The number of halogens is 6. The Bertz CT molecular complexity index is 1910. The van der Waals surface area contributed by atoms with Crippen LogP contribution in [0.4, 0.5) is 26.3 Å². The number of hydrogen-bond donors (Lipinski definition) is 0. The minimum Gasteiger partial charge on any atom is -0.497 e. The molecule has 244 valence electrons. The van der Waals surface area contributed by atoms with Gasteiger partial charge in [0.2, 0.25) is 0 Å². The van der Waals surface area contributed by atoms with E-state index >= 15 is 0 Å². The molecule has 0 aliphatic rings. The lowest BCUT2D eigenvalue weighted by atomic mass is 10.0. The Morgan fingerprint density at radius 1 is 0.851 bits per heavy atom. The van der Waals surface area contributed by atoms with E-state index in [-0.39, 0.29) is 36.7 Å². The van der Waals surface area contributed by atoms with Crippen LogP contribution in [0.15, 0.2) is 102 Å². The van der Waals surface area contributed by atoms with Crippen LogP contribution in [0.3, 0.4) is 0 Å². The number of alkyl halides is 6. The molecule has 0 saturated carbocycles. The van der Waals surface area contributed by atoms with E-state index < -0.39 is 46.6 Å². The van der Waals surface area contributed by atoms with Gasteiger partial charge in [-0.15, -0.1) is 0 Å². The minimum absolute atomic E-state index is 0.0192. The van der Waals surface area contributed by atoms with Crippen LogP contribution in [0.25, 0.3) is 16.6 Å². The molecular formula is C35H29F6N3O3. The standard InChI is InChI=1S/C35H29F6N3O3/c1-3-30(31-42-29-12-8-7-11-28(29)33(46)44(31)26-13-15-27(47-2)16-14-26)43(18-17-22-9-5-4-6-10-22)32(45)23-19-24(34(36,37)38)21-25(20-23)35(39,40)41/h4-16,19-21,30H,3,17-18H2,1-2H3. The molecule has 0 saturated heterocycles. The van der Waals surface area contributed by atoms with Gasteiger partial charge in [-0.05, 0) is 73.0 Å². The number of methoxy groups -OCH3 is 1. The molecule has 0 aliphatic heterocycles. The number of fused-ring (bicyclic) bond motifs is 1. The Hall–Kier alpha value is -5.13.